The summed E-state index contributed by atoms with van der Waals surface area (Å²) in [5.74, 6) is 6.72. The van der Waals surface area contributed by atoms with E-state index in [4.69, 9.17) is 5.84 Å². The minimum Gasteiger partial charge on any atom is -0.315 e. The molecule has 0 unspecified atom stereocenters. The van der Waals surface area contributed by atoms with Crippen LogP contribution >= 0.6 is 0 Å². The lowest BCUT2D eigenvalue weighted by atomic mass is 10.3. The van der Waals surface area contributed by atoms with Gasteiger partial charge in [0.1, 0.15) is 0 Å². The molecule has 0 spiro atoms. The first kappa shape index (κ1) is 8.60. The fourth-order valence-corrected chi connectivity index (χ4v) is 1.27. The van der Waals surface area contributed by atoms with Gasteiger partial charge >= 0.3 is 0 Å². The van der Waals surface area contributed by atoms with Crippen LogP contribution < -0.4 is 5.84 Å². The average Bonchev–Trinajstić information content (AvgIpc) is 2.74. The quantitative estimate of drug-likeness (QED) is 0.495. The van der Waals surface area contributed by atoms with E-state index in [0.717, 1.165) is 18.9 Å². The van der Waals surface area contributed by atoms with Crippen molar-refractivity contribution in [1.82, 2.24) is 5.01 Å². The Morgan fingerprint density at radius 3 is 2.64 bits per heavy atom. The number of hydrogen-bond donors (Lipinski definition) is 1. The summed E-state index contributed by atoms with van der Waals surface area (Å²) >= 11 is 0. The molecular formula is C9H18N2. The molecule has 2 heteroatoms. The molecule has 0 saturated heterocycles. The van der Waals surface area contributed by atoms with Gasteiger partial charge in [0.2, 0.25) is 0 Å². The van der Waals surface area contributed by atoms with Gasteiger partial charge in [-0.25, -0.2) is 5.84 Å². The molecule has 1 rings (SSSR count). The number of nitrogens with two attached hydrogens (primary N) is 1. The largest absolute Gasteiger partial charge is 0.315 e. The summed E-state index contributed by atoms with van der Waals surface area (Å²) in [6.45, 7) is 5.24. The molecule has 11 heavy (non-hydrogen) atoms. The third-order valence-corrected chi connectivity index (χ3v) is 2.22. The van der Waals surface area contributed by atoms with Crippen LogP contribution in [0.15, 0.2) is 11.8 Å². The van der Waals surface area contributed by atoms with E-state index in [-0.39, 0.29) is 0 Å². The molecule has 0 atom stereocenters. The molecule has 0 aliphatic heterocycles. The lowest BCUT2D eigenvalue weighted by Gasteiger charge is -2.20. The van der Waals surface area contributed by atoms with E-state index in [1.54, 1.807) is 0 Å². The maximum atomic E-state index is 5.84. The van der Waals surface area contributed by atoms with Gasteiger partial charge in [-0.3, -0.25) is 0 Å². The highest BCUT2D eigenvalue weighted by Crippen LogP contribution is 2.29. The van der Waals surface area contributed by atoms with E-state index in [1.807, 2.05) is 11.9 Å². The van der Waals surface area contributed by atoms with Gasteiger partial charge in [0.05, 0.1) is 0 Å². The maximum absolute atomic E-state index is 5.84. The molecule has 0 aromatic rings. The zero-order valence-corrected chi connectivity index (χ0v) is 7.51. The Hall–Kier alpha value is -0.500. The SMILES string of the molecule is C/C=C(\CC)N(N)CC1CC1. The van der Waals surface area contributed by atoms with Gasteiger partial charge in [0.15, 0.2) is 0 Å². The molecule has 1 saturated carbocycles. The van der Waals surface area contributed by atoms with Crippen LogP contribution in [-0.4, -0.2) is 11.6 Å². The van der Waals surface area contributed by atoms with Gasteiger partial charge in [0, 0.05) is 12.2 Å². The standard InChI is InChI=1S/C9H18N2/c1-3-9(4-2)11(10)7-8-5-6-8/h3,8H,4-7,10H2,1-2H3/b9-3+. The molecule has 2 nitrogen and oxygen atoms in total. The first-order valence-electron chi connectivity index (χ1n) is 4.45. The Bertz CT molecular complexity index is 148. The Morgan fingerprint density at radius 2 is 2.27 bits per heavy atom. The van der Waals surface area contributed by atoms with Crippen LogP contribution in [0.4, 0.5) is 0 Å². The van der Waals surface area contributed by atoms with Crippen molar-refractivity contribution in [3.63, 3.8) is 0 Å². The van der Waals surface area contributed by atoms with E-state index < -0.39 is 0 Å². The van der Waals surface area contributed by atoms with Crippen LogP contribution in [0.1, 0.15) is 33.1 Å². The number of rotatable bonds is 4. The predicted molar refractivity (Wildman–Crippen MR) is 47.7 cm³/mol. The summed E-state index contributed by atoms with van der Waals surface area (Å²) in [6.07, 6.45) is 5.88. The number of hydrogen-bond acceptors (Lipinski definition) is 2. The van der Waals surface area contributed by atoms with E-state index >= 15 is 0 Å². The second kappa shape index (κ2) is 3.77. The van der Waals surface area contributed by atoms with Crippen molar-refractivity contribution in [2.45, 2.75) is 33.1 Å². The van der Waals surface area contributed by atoms with E-state index in [9.17, 15) is 0 Å². The lowest BCUT2D eigenvalue weighted by molar-refractivity contribution is 0.333. The summed E-state index contributed by atoms with van der Waals surface area (Å²) in [5, 5.41) is 1.90. The van der Waals surface area contributed by atoms with E-state index in [2.05, 4.69) is 13.0 Å². The van der Waals surface area contributed by atoms with E-state index in [1.165, 1.54) is 18.5 Å². The summed E-state index contributed by atoms with van der Waals surface area (Å²) in [4.78, 5) is 0. The number of nitrogens with zero attached hydrogens (tertiary/aromatic N) is 1. The van der Waals surface area contributed by atoms with Crippen molar-refractivity contribution in [1.29, 1.82) is 0 Å². The van der Waals surface area contributed by atoms with Crippen molar-refractivity contribution >= 4 is 0 Å². The molecule has 0 amide bonds. The molecule has 64 valence electrons. The Morgan fingerprint density at radius 1 is 1.64 bits per heavy atom. The minimum absolute atomic E-state index is 0.876. The third-order valence-electron chi connectivity index (χ3n) is 2.22. The van der Waals surface area contributed by atoms with Gasteiger partial charge in [-0.15, -0.1) is 0 Å². The Labute approximate surface area is 69.0 Å². The predicted octanol–water partition coefficient (Wildman–Crippen LogP) is 1.89. The summed E-state index contributed by atoms with van der Waals surface area (Å²) in [6, 6.07) is 0. The molecule has 1 aliphatic rings. The van der Waals surface area contributed by atoms with Gasteiger partial charge in [-0.05, 0) is 32.1 Å². The van der Waals surface area contributed by atoms with Crippen molar-refractivity contribution in [3.05, 3.63) is 11.8 Å². The molecule has 0 aromatic carbocycles. The maximum Gasteiger partial charge on any atom is 0.0366 e. The van der Waals surface area contributed by atoms with Gasteiger partial charge in [-0.2, -0.15) is 0 Å². The molecule has 1 aliphatic carbocycles. The van der Waals surface area contributed by atoms with Gasteiger partial charge in [0.25, 0.3) is 0 Å². The van der Waals surface area contributed by atoms with Crippen molar-refractivity contribution < 1.29 is 0 Å². The van der Waals surface area contributed by atoms with Crippen LogP contribution in [-0.2, 0) is 0 Å². The molecule has 0 bridgehead atoms. The van der Waals surface area contributed by atoms with Crippen LogP contribution in [0.5, 0.6) is 0 Å². The summed E-state index contributed by atoms with van der Waals surface area (Å²) in [5.41, 5.74) is 1.26. The van der Waals surface area contributed by atoms with Crippen molar-refractivity contribution in [2.75, 3.05) is 6.54 Å². The first-order valence-corrected chi connectivity index (χ1v) is 4.45. The smallest absolute Gasteiger partial charge is 0.0366 e. The first-order chi connectivity index (χ1) is 5.27. The molecule has 0 aromatic heterocycles. The fourth-order valence-electron chi connectivity index (χ4n) is 1.27. The summed E-state index contributed by atoms with van der Waals surface area (Å²) < 4.78 is 0. The highest BCUT2D eigenvalue weighted by molar-refractivity contribution is 4.97. The molecule has 1 fully saturated rings. The fraction of sp³-hybridized carbons (Fsp3) is 0.778. The molecule has 0 radical (unpaired) electrons. The zero-order chi connectivity index (χ0) is 8.27. The molecule has 0 heterocycles. The monoisotopic (exact) mass is 154 g/mol. The second-order valence-electron chi connectivity index (χ2n) is 3.23. The van der Waals surface area contributed by atoms with Crippen LogP contribution in [0.3, 0.4) is 0 Å². The minimum atomic E-state index is 0.876. The molecule has 2 N–H and O–H groups in total. The highest BCUT2D eigenvalue weighted by Gasteiger charge is 2.23. The lowest BCUT2D eigenvalue weighted by Crippen LogP contribution is -2.31. The van der Waals surface area contributed by atoms with Gasteiger partial charge < -0.3 is 5.01 Å². The normalized spacial score (nSPS) is 18.6. The van der Waals surface area contributed by atoms with Crippen LogP contribution in [0.2, 0.25) is 0 Å². The van der Waals surface area contributed by atoms with E-state index in [0.29, 0.717) is 0 Å². The molecular weight excluding hydrogens is 136 g/mol. The number of allylic oxidation sites excluding steroid dienone is 2. The number of hydrazine groups is 1. The highest BCUT2D eigenvalue weighted by atomic mass is 15.4. The topological polar surface area (TPSA) is 29.3 Å². The third kappa shape index (κ3) is 2.54. The average molecular weight is 154 g/mol. The van der Waals surface area contributed by atoms with Crippen LogP contribution in [0, 0.1) is 5.92 Å². The van der Waals surface area contributed by atoms with Crippen molar-refractivity contribution in [2.24, 2.45) is 11.8 Å². The van der Waals surface area contributed by atoms with Crippen molar-refractivity contribution in [3.8, 4) is 0 Å². The Kier molecular flexibility index (Phi) is 2.94. The zero-order valence-electron chi connectivity index (χ0n) is 7.51. The Balaban J connectivity index is 2.30. The van der Waals surface area contributed by atoms with Gasteiger partial charge in [-0.1, -0.05) is 13.0 Å². The van der Waals surface area contributed by atoms with Crippen LogP contribution in [0.25, 0.3) is 0 Å². The second-order valence-corrected chi connectivity index (χ2v) is 3.23. The summed E-state index contributed by atoms with van der Waals surface area (Å²) in [7, 11) is 0.